The van der Waals surface area contributed by atoms with Gasteiger partial charge in [-0.2, -0.15) is 0 Å². The van der Waals surface area contributed by atoms with Crippen LogP contribution in [0.3, 0.4) is 0 Å². The minimum Gasteiger partial charge on any atom is -0.325 e. The smallest absolute Gasteiger partial charge is 0.234 e. The second kappa shape index (κ2) is 5.45. The summed E-state index contributed by atoms with van der Waals surface area (Å²) in [7, 11) is 0. The molecule has 16 heavy (non-hydrogen) atoms. The number of amides is 1. The van der Waals surface area contributed by atoms with E-state index in [2.05, 4.69) is 5.32 Å². The van der Waals surface area contributed by atoms with Gasteiger partial charge in [-0.3, -0.25) is 9.59 Å². The van der Waals surface area contributed by atoms with Crippen molar-refractivity contribution < 1.29 is 9.59 Å². The molecule has 1 aromatic carbocycles. The molecule has 1 atom stereocenters. The van der Waals surface area contributed by atoms with Gasteiger partial charge in [-0.1, -0.05) is 25.1 Å². The zero-order valence-electron chi connectivity index (χ0n) is 9.91. The minimum absolute atomic E-state index is 0.0893. The molecule has 1 rings (SSSR count). The van der Waals surface area contributed by atoms with Gasteiger partial charge >= 0.3 is 0 Å². The van der Waals surface area contributed by atoms with Gasteiger partial charge in [0.25, 0.3) is 0 Å². The number of para-hydroxylation sites is 1. The molecule has 3 heteroatoms. The number of hydrogen-bond acceptors (Lipinski definition) is 2. The summed E-state index contributed by atoms with van der Waals surface area (Å²) in [6, 6.07) is 7.52. The Balaban J connectivity index is 2.78. The van der Waals surface area contributed by atoms with Crippen LogP contribution in [-0.4, -0.2) is 11.7 Å². The lowest BCUT2D eigenvalue weighted by atomic mass is 10.0. The monoisotopic (exact) mass is 219 g/mol. The van der Waals surface area contributed by atoms with Crippen LogP contribution in [-0.2, 0) is 9.59 Å². The van der Waals surface area contributed by atoms with Gasteiger partial charge in [-0.25, -0.2) is 0 Å². The number of carbonyl (C=O) groups is 2. The summed E-state index contributed by atoms with van der Waals surface area (Å²) < 4.78 is 0. The van der Waals surface area contributed by atoms with Crippen molar-refractivity contribution in [3.63, 3.8) is 0 Å². The van der Waals surface area contributed by atoms with Crippen LogP contribution in [0.25, 0.3) is 0 Å². The maximum atomic E-state index is 11.8. The summed E-state index contributed by atoms with van der Waals surface area (Å²) in [6.07, 6.45) is 0.535. The SMILES string of the molecule is CCC(C(C)=O)C(=O)Nc1ccccc1C. The van der Waals surface area contributed by atoms with Crippen LogP contribution in [0.15, 0.2) is 24.3 Å². The average Bonchev–Trinajstić information content (AvgIpc) is 2.22. The minimum atomic E-state index is -0.542. The predicted octanol–water partition coefficient (Wildman–Crippen LogP) is 2.55. The van der Waals surface area contributed by atoms with E-state index in [4.69, 9.17) is 0 Å². The van der Waals surface area contributed by atoms with E-state index < -0.39 is 5.92 Å². The number of benzene rings is 1. The number of rotatable bonds is 4. The second-order valence-corrected chi connectivity index (χ2v) is 3.88. The molecule has 0 heterocycles. The van der Waals surface area contributed by atoms with Crippen molar-refractivity contribution in [3.8, 4) is 0 Å². The zero-order chi connectivity index (χ0) is 12.1. The first-order valence-electron chi connectivity index (χ1n) is 5.43. The van der Waals surface area contributed by atoms with E-state index in [9.17, 15) is 9.59 Å². The lowest BCUT2D eigenvalue weighted by Gasteiger charge is -2.13. The van der Waals surface area contributed by atoms with E-state index in [0.29, 0.717) is 6.42 Å². The molecule has 1 amide bonds. The van der Waals surface area contributed by atoms with Crippen molar-refractivity contribution >= 4 is 17.4 Å². The summed E-state index contributed by atoms with van der Waals surface area (Å²) in [6.45, 7) is 5.21. The molecule has 1 unspecified atom stereocenters. The first-order chi connectivity index (χ1) is 7.56. The summed E-state index contributed by atoms with van der Waals surface area (Å²) in [4.78, 5) is 23.0. The lowest BCUT2D eigenvalue weighted by molar-refractivity contribution is -0.129. The number of aryl methyl sites for hydroxylation is 1. The maximum Gasteiger partial charge on any atom is 0.234 e. The molecule has 3 nitrogen and oxygen atoms in total. The van der Waals surface area contributed by atoms with Gasteiger partial charge in [0.2, 0.25) is 5.91 Å². The van der Waals surface area contributed by atoms with Gasteiger partial charge in [0.1, 0.15) is 5.78 Å². The van der Waals surface area contributed by atoms with Crippen LogP contribution >= 0.6 is 0 Å². The van der Waals surface area contributed by atoms with Crippen LogP contribution in [0.5, 0.6) is 0 Å². The molecule has 0 saturated carbocycles. The first kappa shape index (κ1) is 12.4. The molecular weight excluding hydrogens is 202 g/mol. The molecule has 0 aliphatic heterocycles. The van der Waals surface area contributed by atoms with Gasteiger partial charge in [0, 0.05) is 5.69 Å². The highest BCUT2D eigenvalue weighted by Gasteiger charge is 2.21. The number of carbonyl (C=O) groups excluding carboxylic acids is 2. The molecule has 1 N–H and O–H groups in total. The quantitative estimate of drug-likeness (QED) is 0.791. The normalized spacial score (nSPS) is 11.9. The van der Waals surface area contributed by atoms with E-state index >= 15 is 0 Å². The highest BCUT2D eigenvalue weighted by atomic mass is 16.2. The highest BCUT2D eigenvalue weighted by molar-refractivity contribution is 6.06. The molecule has 1 aromatic rings. The van der Waals surface area contributed by atoms with Gasteiger partial charge in [0.15, 0.2) is 0 Å². The Bertz CT molecular complexity index is 399. The Morgan fingerprint density at radius 2 is 1.94 bits per heavy atom. The van der Waals surface area contributed by atoms with Crippen molar-refractivity contribution in [2.75, 3.05) is 5.32 Å². The van der Waals surface area contributed by atoms with Crippen LogP contribution in [0.1, 0.15) is 25.8 Å². The number of ketones is 1. The fourth-order valence-corrected chi connectivity index (χ4v) is 1.59. The molecule has 0 saturated heterocycles. The van der Waals surface area contributed by atoms with Gasteiger partial charge in [0.05, 0.1) is 5.92 Å². The second-order valence-electron chi connectivity index (χ2n) is 3.88. The number of Topliss-reactive ketones (excluding diaryl/α,β-unsaturated/α-hetero) is 1. The summed E-state index contributed by atoms with van der Waals surface area (Å²) >= 11 is 0. The van der Waals surface area contributed by atoms with Crippen LogP contribution in [0.2, 0.25) is 0 Å². The molecular formula is C13H17NO2. The van der Waals surface area contributed by atoms with Gasteiger partial charge < -0.3 is 5.32 Å². The molecule has 0 fully saturated rings. The first-order valence-corrected chi connectivity index (χ1v) is 5.43. The van der Waals surface area contributed by atoms with Crippen LogP contribution < -0.4 is 5.32 Å². The Morgan fingerprint density at radius 1 is 1.31 bits per heavy atom. The highest BCUT2D eigenvalue weighted by Crippen LogP contribution is 2.15. The molecule has 0 radical (unpaired) electrons. The average molecular weight is 219 g/mol. The molecule has 0 aromatic heterocycles. The summed E-state index contributed by atoms with van der Waals surface area (Å²) in [5, 5.41) is 2.78. The topological polar surface area (TPSA) is 46.2 Å². The van der Waals surface area contributed by atoms with Crippen molar-refractivity contribution in [2.45, 2.75) is 27.2 Å². The van der Waals surface area contributed by atoms with Crippen LogP contribution in [0, 0.1) is 12.8 Å². The van der Waals surface area contributed by atoms with E-state index in [-0.39, 0.29) is 11.7 Å². The predicted molar refractivity (Wildman–Crippen MR) is 64.3 cm³/mol. The third kappa shape index (κ3) is 2.92. The van der Waals surface area contributed by atoms with Crippen LogP contribution in [0.4, 0.5) is 5.69 Å². The molecule has 86 valence electrons. The largest absolute Gasteiger partial charge is 0.325 e. The molecule has 0 aliphatic carbocycles. The Hall–Kier alpha value is -1.64. The number of anilines is 1. The zero-order valence-corrected chi connectivity index (χ0v) is 9.91. The van der Waals surface area contributed by atoms with Gasteiger partial charge in [-0.05, 0) is 31.9 Å². The van der Waals surface area contributed by atoms with E-state index in [0.717, 1.165) is 11.3 Å². The Kier molecular flexibility index (Phi) is 4.23. The van der Waals surface area contributed by atoms with Gasteiger partial charge in [-0.15, -0.1) is 0 Å². The van der Waals surface area contributed by atoms with E-state index in [1.54, 1.807) is 0 Å². The molecule has 0 spiro atoms. The van der Waals surface area contributed by atoms with Crippen molar-refractivity contribution in [1.29, 1.82) is 0 Å². The third-order valence-corrected chi connectivity index (χ3v) is 2.62. The maximum absolute atomic E-state index is 11.8. The fourth-order valence-electron chi connectivity index (χ4n) is 1.59. The van der Waals surface area contributed by atoms with E-state index in [1.165, 1.54) is 6.92 Å². The lowest BCUT2D eigenvalue weighted by Crippen LogP contribution is -2.27. The van der Waals surface area contributed by atoms with Crippen molar-refractivity contribution in [2.24, 2.45) is 5.92 Å². The number of nitrogens with one attached hydrogen (secondary N) is 1. The summed E-state index contributed by atoms with van der Waals surface area (Å²) in [5.41, 5.74) is 1.77. The molecule has 0 bridgehead atoms. The standard InChI is InChI=1S/C13H17NO2/c1-4-11(10(3)15)13(16)14-12-8-6-5-7-9(12)2/h5-8,11H,4H2,1-3H3,(H,14,16). The molecule has 0 aliphatic rings. The Labute approximate surface area is 95.9 Å². The van der Waals surface area contributed by atoms with Crippen molar-refractivity contribution in [1.82, 2.24) is 0 Å². The number of hydrogen-bond donors (Lipinski definition) is 1. The van der Waals surface area contributed by atoms with Crippen molar-refractivity contribution in [3.05, 3.63) is 29.8 Å². The summed E-state index contributed by atoms with van der Waals surface area (Å²) in [5.74, 6) is -0.850. The van der Waals surface area contributed by atoms with E-state index in [1.807, 2.05) is 38.1 Å². The Morgan fingerprint density at radius 3 is 2.44 bits per heavy atom. The fraction of sp³-hybridized carbons (Fsp3) is 0.385. The third-order valence-electron chi connectivity index (χ3n) is 2.62.